The number of thiophene rings is 1. The Kier molecular flexibility index (Phi) is 6.24. The average molecular weight is 481 g/mol. The lowest BCUT2D eigenvalue weighted by atomic mass is 10.1. The second-order valence-electron chi connectivity index (χ2n) is 7.46. The lowest BCUT2D eigenvalue weighted by molar-refractivity contribution is -0.138. The Morgan fingerprint density at radius 1 is 1.12 bits per heavy atom. The zero-order chi connectivity index (χ0) is 23.6. The lowest BCUT2D eigenvalue weighted by Gasteiger charge is -2.14. The van der Waals surface area contributed by atoms with Gasteiger partial charge in [0.05, 0.1) is 4.88 Å². The van der Waals surface area contributed by atoms with E-state index in [0.29, 0.717) is 21.3 Å². The Morgan fingerprint density at radius 3 is 2.61 bits per heavy atom. The van der Waals surface area contributed by atoms with E-state index >= 15 is 0 Å². The zero-order valence-electron chi connectivity index (χ0n) is 17.5. The summed E-state index contributed by atoms with van der Waals surface area (Å²) in [7, 11) is -4.09. The molecule has 0 radical (unpaired) electrons. The first-order chi connectivity index (χ1) is 15.7. The smallest absolute Gasteiger partial charge is 0.322 e. The quantitative estimate of drug-likeness (QED) is 0.314. The van der Waals surface area contributed by atoms with Crippen LogP contribution < -0.4 is 4.72 Å². The molecule has 7 nitrogen and oxygen atoms in total. The molecule has 0 spiro atoms. The molecule has 4 aromatic rings. The second-order valence-corrected chi connectivity index (χ2v) is 10.5. The van der Waals surface area contributed by atoms with Gasteiger partial charge in [-0.1, -0.05) is 35.6 Å². The summed E-state index contributed by atoms with van der Waals surface area (Å²) in [5.41, 5.74) is 3.05. The first-order valence-electron chi connectivity index (χ1n) is 9.94. The summed E-state index contributed by atoms with van der Waals surface area (Å²) in [6, 6.07) is 14.1. The molecule has 0 aliphatic rings. The number of sulfonamides is 1. The third kappa shape index (κ3) is 5.09. The van der Waals surface area contributed by atoms with Gasteiger partial charge in [-0.05, 0) is 48.9 Å². The molecule has 33 heavy (non-hydrogen) atoms. The minimum Gasteiger partial charge on any atom is -0.507 e. The van der Waals surface area contributed by atoms with Gasteiger partial charge in [-0.2, -0.15) is 4.72 Å². The number of hydrogen-bond acceptors (Lipinski definition) is 5. The number of carboxylic acids is 1. The van der Waals surface area contributed by atoms with Crippen LogP contribution in [-0.4, -0.2) is 35.6 Å². The van der Waals surface area contributed by atoms with E-state index in [9.17, 15) is 23.4 Å². The minimum atomic E-state index is -4.09. The molecule has 2 heterocycles. The molecule has 1 atom stereocenters. The molecule has 2 aromatic carbocycles. The standard InChI is InChI=1S/C24H20N2O5S2/c1-15-5-7-16(8-6-15)9-10-18-11-12-22(32-18)33(30,31)26-20(24(28)29)13-17-14-25-19-3-2-4-21(27)23(17)19/h2-8,11-12,14,20,25-27H,13H2,1H3,(H,28,29)/t20-/m1/s1. The molecular formula is C24H20N2O5S2. The van der Waals surface area contributed by atoms with Gasteiger partial charge in [0.2, 0.25) is 0 Å². The topological polar surface area (TPSA) is 119 Å². The molecule has 0 aliphatic heterocycles. The van der Waals surface area contributed by atoms with Crippen molar-refractivity contribution in [3.05, 3.63) is 82.4 Å². The number of carboxylic acid groups (broad SMARTS) is 1. The summed E-state index contributed by atoms with van der Waals surface area (Å²) >= 11 is 0.966. The number of aromatic hydroxyl groups is 1. The molecule has 0 aliphatic carbocycles. The largest absolute Gasteiger partial charge is 0.507 e. The third-order valence-corrected chi connectivity index (χ3v) is 7.98. The van der Waals surface area contributed by atoms with Crippen LogP contribution in [0, 0.1) is 18.8 Å². The van der Waals surface area contributed by atoms with E-state index in [4.69, 9.17) is 0 Å². The number of aromatic amines is 1. The van der Waals surface area contributed by atoms with Gasteiger partial charge in [0, 0.05) is 29.1 Å². The van der Waals surface area contributed by atoms with Crippen molar-refractivity contribution in [1.29, 1.82) is 0 Å². The summed E-state index contributed by atoms with van der Waals surface area (Å²) < 4.78 is 28.0. The highest BCUT2D eigenvalue weighted by Gasteiger charge is 2.28. The normalized spacial score (nSPS) is 12.3. The number of aromatic nitrogens is 1. The fourth-order valence-corrected chi connectivity index (χ4v) is 5.71. The SMILES string of the molecule is Cc1ccc(C#Cc2ccc(S(=O)(=O)N[C@H](Cc3c[nH]c4cccc(O)c34)C(=O)O)s2)cc1. The highest BCUT2D eigenvalue weighted by Crippen LogP contribution is 2.29. The van der Waals surface area contributed by atoms with Crippen molar-refractivity contribution in [2.75, 3.05) is 0 Å². The molecule has 4 N–H and O–H groups in total. The van der Waals surface area contributed by atoms with Crippen LogP contribution in [0.15, 0.2) is 65.0 Å². The van der Waals surface area contributed by atoms with Crippen LogP contribution in [0.4, 0.5) is 0 Å². The number of fused-ring (bicyclic) bond motifs is 1. The highest BCUT2D eigenvalue weighted by molar-refractivity contribution is 7.91. The van der Waals surface area contributed by atoms with Gasteiger partial charge in [0.15, 0.2) is 0 Å². The predicted molar refractivity (Wildman–Crippen MR) is 127 cm³/mol. The molecule has 168 valence electrons. The second kappa shape index (κ2) is 9.11. The highest BCUT2D eigenvalue weighted by atomic mass is 32.2. The third-order valence-electron chi connectivity index (χ3n) is 5.01. The van der Waals surface area contributed by atoms with Gasteiger partial charge in [0.1, 0.15) is 16.0 Å². The Hall–Kier alpha value is -3.58. The molecule has 0 fully saturated rings. The Bertz CT molecular complexity index is 1490. The van der Waals surface area contributed by atoms with E-state index in [1.165, 1.54) is 12.1 Å². The predicted octanol–water partition coefficient (Wildman–Crippen LogP) is 3.62. The molecule has 0 amide bonds. The summed E-state index contributed by atoms with van der Waals surface area (Å²) in [4.78, 5) is 15.3. The van der Waals surface area contributed by atoms with Crippen LogP contribution in [0.3, 0.4) is 0 Å². The van der Waals surface area contributed by atoms with Crippen molar-refractivity contribution in [2.24, 2.45) is 0 Å². The van der Waals surface area contributed by atoms with Gasteiger partial charge in [0.25, 0.3) is 10.0 Å². The van der Waals surface area contributed by atoms with Gasteiger partial charge >= 0.3 is 5.97 Å². The number of benzene rings is 2. The monoisotopic (exact) mass is 480 g/mol. The van der Waals surface area contributed by atoms with E-state index in [-0.39, 0.29) is 16.4 Å². The summed E-state index contributed by atoms with van der Waals surface area (Å²) in [6.07, 6.45) is 1.43. The van der Waals surface area contributed by atoms with E-state index < -0.39 is 22.0 Å². The number of phenols is 1. The van der Waals surface area contributed by atoms with Crippen LogP contribution in [0.2, 0.25) is 0 Å². The summed E-state index contributed by atoms with van der Waals surface area (Å²) in [5.74, 6) is 4.60. The Balaban J connectivity index is 1.54. The molecule has 0 saturated carbocycles. The van der Waals surface area contributed by atoms with Crippen LogP contribution in [0.1, 0.15) is 21.6 Å². The molecular weight excluding hydrogens is 460 g/mol. The molecule has 9 heteroatoms. The number of hydrogen-bond donors (Lipinski definition) is 4. The number of nitrogens with one attached hydrogen (secondary N) is 2. The first kappa shape index (κ1) is 22.6. The van der Waals surface area contributed by atoms with E-state index in [1.807, 2.05) is 31.2 Å². The molecule has 0 unspecified atom stereocenters. The molecule has 0 saturated heterocycles. The maximum absolute atomic E-state index is 12.9. The minimum absolute atomic E-state index is 0.00852. The first-order valence-corrected chi connectivity index (χ1v) is 12.2. The summed E-state index contributed by atoms with van der Waals surface area (Å²) in [6.45, 7) is 1.98. The maximum atomic E-state index is 12.9. The van der Waals surface area contributed by atoms with Crippen LogP contribution in [0.25, 0.3) is 10.9 Å². The van der Waals surface area contributed by atoms with Crippen LogP contribution >= 0.6 is 11.3 Å². The van der Waals surface area contributed by atoms with Crippen molar-refractivity contribution < 1.29 is 23.4 Å². The van der Waals surface area contributed by atoms with Gasteiger partial charge in [-0.25, -0.2) is 8.42 Å². The number of carbonyl (C=O) groups is 1. The van der Waals surface area contributed by atoms with Crippen LogP contribution in [-0.2, 0) is 21.2 Å². The maximum Gasteiger partial charge on any atom is 0.322 e. The fraction of sp³-hybridized carbons (Fsp3) is 0.125. The van der Waals surface area contributed by atoms with Gasteiger partial charge in [-0.15, -0.1) is 11.3 Å². The van der Waals surface area contributed by atoms with Gasteiger partial charge in [-0.3, -0.25) is 4.79 Å². The number of rotatable bonds is 6. The van der Waals surface area contributed by atoms with E-state index in [1.54, 1.807) is 24.4 Å². The average Bonchev–Trinajstić information content (AvgIpc) is 3.41. The number of aryl methyl sites for hydroxylation is 1. The van der Waals surface area contributed by atoms with Crippen molar-refractivity contribution in [3.63, 3.8) is 0 Å². The molecule has 0 bridgehead atoms. The van der Waals surface area contributed by atoms with Crippen molar-refractivity contribution >= 4 is 38.2 Å². The number of aliphatic carboxylic acids is 1. The van der Waals surface area contributed by atoms with Crippen LogP contribution in [0.5, 0.6) is 5.75 Å². The number of H-pyrrole nitrogens is 1. The Labute approximate surface area is 194 Å². The van der Waals surface area contributed by atoms with Crippen molar-refractivity contribution in [2.45, 2.75) is 23.6 Å². The zero-order valence-corrected chi connectivity index (χ0v) is 19.1. The lowest BCUT2D eigenvalue weighted by Crippen LogP contribution is -2.41. The van der Waals surface area contributed by atoms with E-state index in [0.717, 1.165) is 22.5 Å². The van der Waals surface area contributed by atoms with Gasteiger partial charge < -0.3 is 15.2 Å². The molecule has 4 rings (SSSR count). The van der Waals surface area contributed by atoms with Crippen molar-refractivity contribution in [3.8, 4) is 17.6 Å². The fourth-order valence-electron chi connectivity index (χ4n) is 3.34. The number of phenolic OH excluding ortho intramolecular Hbond substituents is 1. The molecule has 2 aromatic heterocycles. The van der Waals surface area contributed by atoms with Crippen molar-refractivity contribution in [1.82, 2.24) is 9.71 Å². The Morgan fingerprint density at radius 2 is 1.88 bits per heavy atom. The summed E-state index contributed by atoms with van der Waals surface area (Å²) in [5, 5.41) is 20.2. The van der Waals surface area contributed by atoms with E-state index in [2.05, 4.69) is 21.5 Å².